The lowest BCUT2D eigenvalue weighted by atomic mass is 9.85. The van der Waals surface area contributed by atoms with Gasteiger partial charge < -0.3 is 15.5 Å². The third-order valence-electron chi connectivity index (χ3n) is 5.91. The maximum atomic E-state index is 13.0. The number of piperazine rings is 1. The van der Waals surface area contributed by atoms with Crippen molar-refractivity contribution in [2.45, 2.75) is 70.0 Å². The Labute approximate surface area is 159 Å². The second-order valence-corrected chi connectivity index (χ2v) is 8.12. The van der Waals surface area contributed by atoms with Gasteiger partial charge >= 0.3 is 0 Å². The first-order valence-electron chi connectivity index (χ1n) is 10.0. The topological polar surface area (TPSA) is 78.5 Å². The summed E-state index contributed by atoms with van der Waals surface area (Å²) in [5.74, 6) is -0.314. The molecule has 1 aromatic carbocycles. The molecule has 144 valence electrons. The van der Waals surface area contributed by atoms with Gasteiger partial charge in [-0.2, -0.15) is 0 Å². The van der Waals surface area contributed by atoms with Gasteiger partial charge in [-0.15, -0.1) is 0 Å². The molecule has 6 heteroatoms. The van der Waals surface area contributed by atoms with E-state index in [2.05, 4.69) is 10.6 Å². The van der Waals surface area contributed by atoms with Crippen molar-refractivity contribution in [3.05, 3.63) is 29.8 Å². The van der Waals surface area contributed by atoms with Gasteiger partial charge in [-0.1, -0.05) is 25.0 Å². The number of amides is 3. The highest BCUT2D eigenvalue weighted by Crippen LogP contribution is 2.37. The van der Waals surface area contributed by atoms with Crippen molar-refractivity contribution in [2.24, 2.45) is 5.92 Å². The molecule has 2 aliphatic carbocycles. The van der Waals surface area contributed by atoms with Crippen LogP contribution in [0.5, 0.6) is 0 Å². The smallest absolute Gasteiger partial charge is 0.243 e. The summed E-state index contributed by atoms with van der Waals surface area (Å²) >= 11 is 0. The molecule has 1 aliphatic heterocycles. The van der Waals surface area contributed by atoms with Crippen molar-refractivity contribution in [1.29, 1.82) is 0 Å². The molecule has 1 aromatic rings. The van der Waals surface area contributed by atoms with E-state index in [1.54, 1.807) is 4.90 Å². The third kappa shape index (κ3) is 3.84. The lowest BCUT2D eigenvalue weighted by molar-refractivity contribution is -0.152. The number of hydrogen-bond acceptors (Lipinski definition) is 3. The van der Waals surface area contributed by atoms with Gasteiger partial charge in [0.25, 0.3) is 0 Å². The first-order chi connectivity index (χ1) is 13.0. The van der Waals surface area contributed by atoms with Gasteiger partial charge in [-0.25, -0.2) is 0 Å². The quantitative estimate of drug-likeness (QED) is 0.855. The maximum Gasteiger partial charge on any atom is 0.243 e. The van der Waals surface area contributed by atoms with Crippen molar-refractivity contribution in [3.8, 4) is 0 Å². The lowest BCUT2D eigenvalue weighted by Crippen LogP contribution is -2.68. The van der Waals surface area contributed by atoms with Gasteiger partial charge in [0.2, 0.25) is 17.7 Å². The molecule has 0 spiro atoms. The van der Waals surface area contributed by atoms with Crippen LogP contribution < -0.4 is 10.6 Å². The fourth-order valence-corrected chi connectivity index (χ4v) is 4.41. The SMILES string of the molecule is Cc1cccc(NC(=O)CC2C(=O)NC3CCCCC3N2C(=O)C2CC2)c1. The van der Waals surface area contributed by atoms with Gasteiger partial charge in [-0.3, -0.25) is 14.4 Å². The molecular formula is C21H27N3O3. The van der Waals surface area contributed by atoms with Crippen molar-refractivity contribution in [1.82, 2.24) is 10.2 Å². The van der Waals surface area contributed by atoms with Crippen molar-refractivity contribution in [2.75, 3.05) is 5.32 Å². The summed E-state index contributed by atoms with van der Waals surface area (Å²) in [6.07, 6.45) is 5.75. The monoisotopic (exact) mass is 369 g/mol. The van der Waals surface area contributed by atoms with Crippen molar-refractivity contribution >= 4 is 23.4 Å². The standard InChI is InChI=1S/C21H27N3O3/c1-13-5-4-6-15(11-13)22-19(25)12-18-20(26)23-16-7-2-3-8-17(16)24(18)21(27)14-9-10-14/h4-6,11,14,16-18H,2-3,7-10,12H2,1H3,(H,22,25)(H,23,26). The van der Waals surface area contributed by atoms with Gasteiger partial charge in [0.15, 0.2) is 0 Å². The van der Waals surface area contributed by atoms with Gasteiger partial charge in [0.05, 0.1) is 12.5 Å². The minimum Gasteiger partial charge on any atom is -0.349 e. The molecule has 3 aliphatic rings. The zero-order chi connectivity index (χ0) is 19.0. The minimum absolute atomic E-state index is 0.00144. The zero-order valence-corrected chi connectivity index (χ0v) is 15.7. The number of nitrogens with zero attached hydrogens (tertiary/aromatic N) is 1. The molecule has 0 radical (unpaired) electrons. The fraction of sp³-hybridized carbons (Fsp3) is 0.571. The van der Waals surface area contributed by atoms with Crippen molar-refractivity contribution < 1.29 is 14.4 Å². The number of rotatable bonds is 4. The van der Waals surface area contributed by atoms with E-state index in [1.165, 1.54) is 0 Å². The highest BCUT2D eigenvalue weighted by molar-refractivity contribution is 5.98. The molecule has 2 saturated carbocycles. The summed E-state index contributed by atoms with van der Waals surface area (Å²) in [5.41, 5.74) is 1.77. The average molecular weight is 369 g/mol. The Morgan fingerprint density at radius 1 is 1.19 bits per heavy atom. The van der Waals surface area contributed by atoms with E-state index in [0.29, 0.717) is 5.69 Å². The van der Waals surface area contributed by atoms with E-state index in [9.17, 15) is 14.4 Å². The van der Waals surface area contributed by atoms with Crippen LogP contribution in [0.2, 0.25) is 0 Å². The molecule has 6 nitrogen and oxygen atoms in total. The van der Waals surface area contributed by atoms with E-state index in [-0.39, 0.29) is 42.1 Å². The summed E-state index contributed by atoms with van der Waals surface area (Å²) in [6, 6.07) is 6.92. The summed E-state index contributed by atoms with van der Waals surface area (Å²) in [4.78, 5) is 40.1. The molecule has 4 rings (SSSR count). The summed E-state index contributed by atoms with van der Waals surface area (Å²) in [5, 5.41) is 5.95. The van der Waals surface area contributed by atoms with Crippen molar-refractivity contribution in [3.63, 3.8) is 0 Å². The van der Waals surface area contributed by atoms with E-state index in [0.717, 1.165) is 44.1 Å². The zero-order valence-electron chi connectivity index (χ0n) is 15.7. The van der Waals surface area contributed by atoms with Gasteiger partial charge in [0, 0.05) is 17.6 Å². The molecule has 3 fully saturated rings. The molecular weight excluding hydrogens is 342 g/mol. The van der Waals surface area contributed by atoms with Crippen LogP contribution in [-0.2, 0) is 14.4 Å². The number of carbonyl (C=O) groups is 3. The number of aryl methyl sites for hydroxylation is 1. The van der Waals surface area contributed by atoms with Crippen LogP contribution in [-0.4, -0.2) is 40.7 Å². The Morgan fingerprint density at radius 2 is 1.96 bits per heavy atom. The molecule has 1 heterocycles. The predicted molar refractivity (Wildman–Crippen MR) is 102 cm³/mol. The number of benzene rings is 1. The first kappa shape index (κ1) is 18.0. The Balaban J connectivity index is 1.52. The van der Waals surface area contributed by atoms with Crippen LogP contribution in [0.25, 0.3) is 0 Å². The molecule has 1 saturated heterocycles. The first-order valence-corrected chi connectivity index (χ1v) is 10.0. The molecule has 3 atom stereocenters. The second-order valence-electron chi connectivity index (χ2n) is 8.12. The van der Waals surface area contributed by atoms with Crippen LogP contribution in [0.4, 0.5) is 5.69 Å². The Kier molecular flexibility index (Phi) is 4.89. The van der Waals surface area contributed by atoms with Gasteiger partial charge in [-0.05, 0) is 50.3 Å². The van der Waals surface area contributed by atoms with E-state index < -0.39 is 6.04 Å². The lowest BCUT2D eigenvalue weighted by Gasteiger charge is -2.48. The molecule has 3 unspecified atom stereocenters. The van der Waals surface area contributed by atoms with Gasteiger partial charge in [0.1, 0.15) is 6.04 Å². The van der Waals surface area contributed by atoms with Crippen LogP contribution in [0.3, 0.4) is 0 Å². The van der Waals surface area contributed by atoms with Crippen LogP contribution in [0, 0.1) is 12.8 Å². The maximum absolute atomic E-state index is 13.0. The second kappa shape index (κ2) is 7.33. The number of carbonyl (C=O) groups excluding carboxylic acids is 3. The average Bonchev–Trinajstić information content (AvgIpc) is 3.47. The largest absolute Gasteiger partial charge is 0.349 e. The van der Waals surface area contributed by atoms with E-state index in [4.69, 9.17) is 0 Å². The molecule has 0 aromatic heterocycles. The van der Waals surface area contributed by atoms with E-state index in [1.807, 2.05) is 31.2 Å². The highest BCUT2D eigenvalue weighted by Gasteiger charge is 2.48. The molecule has 3 amide bonds. The summed E-state index contributed by atoms with van der Waals surface area (Å²) in [6.45, 7) is 1.96. The summed E-state index contributed by atoms with van der Waals surface area (Å²) < 4.78 is 0. The number of nitrogens with one attached hydrogen (secondary N) is 2. The summed E-state index contributed by atoms with van der Waals surface area (Å²) in [7, 11) is 0. The third-order valence-corrected chi connectivity index (χ3v) is 5.91. The Morgan fingerprint density at radius 3 is 2.70 bits per heavy atom. The van der Waals surface area contributed by atoms with E-state index >= 15 is 0 Å². The minimum atomic E-state index is -0.706. The number of fused-ring (bicyclic) bond motifs is 1. The van der Waals surface area contributed by atoms with Crippen LogP contribution in [0.1, 0.15) is 50.5 Å². The number of anilines is 1. The fourth-order valence-electron chi connectivity index (χ4n) is 4.41. The highest BCUT2D eigenvalue weighted by atomic mass is 16.2. The molecule has 27 heavy (non-hydrogen) atoms. The van der Waals surface area contributed by atoms with Crippen LogP contribution in [0.15, 0.2) is 24.3 Å². The predicted octanol–water partition coefficient (Wildman–Crippen LogP) is 2.37. The van der Waals surface area contributed by atoms with Crippen LogP contribution >= 0.6 is 0 Å². The molecule has 0 bridgehead atoms. The Hall–Kier alpha value is -2.37. The number of hydrogen-bond donors (Lipinski definition) is 2. The molecule has 2 N–H and O–H groups in total. The normalized spacial score (nSPS) is 27.5. The Bertz CT molecular complexity index is 759.